The van der Waals surface area contributed by atoms with Crippen LogP contribution in [-0.2, 0) is 21.1 Å². The van der Waals surface area contributed by atoms with Crippen LogP contribution < -0.4 is 0 Å². The molecule has 1 aromatic rings. The predicted molar refractivity (Wildman–Crippen MR) is 44.1 cm³/mol. The molecule has 0 saturated heterocycles. The Morgan fingerprint density at radius 3 is 2.36 bits per heavy atom. The van der Waals surface area contributed by atoms with Crippen LogP contribution in [0.1, 0.15) is 11.1 Å². The van der Waals surface area contributed by atoms with E-state index in [1.54, 1.807) is 0 Å². The molecule has 11 heavy (non-hydrogen) atoms. The first-order chi connectivity index (χ1) is 4.74. The van der Waals surface area contributed by atoms with Gasteiger partial charge in [0.25, 0.3) is 0 Å². The summed E-state index contributed by atoms with van der Waals surface area (Å²) in [6.07, 6.45) is 0. The molecule has 2 heteroatoms. The molecule has 0 atom stereocenters. The van der Waals surface area contributed by atoms with Gasteiger partial charge in [0.15, 0.2) is 0 Å². The van der Waals surface area contributed by atoms with Gasteiger partial charge in [0.2, 0.25) is 0 Å². The molecule has 0 aliphatic carbocycles. The summed E-state index contributed by atoms with van der Waals surface area (Å²) < 4.78 is 0. The zero-order valence-electron chi connectivity index (χ0n) is 6.66. The van der Waals surface area contributed by atoms with Gasteiger partial charge in [-0.25, -0.2) is 0 Å². The summed E-state index contributed by atoms with van der Waals surface area (Å²) >= 11 is 0. The average molecular weight is 316 g/mol. The number of benzene rings is 1. The van der Waals surface area contributed by atoms with Gasteiger partial charge in [0, 0.05) is 21.1 Å². The SMILES string of the molecule is [CH-]=Nc1ccc(C)cc1C.[W]. The molecule has 0 aliphatic rings. The molecule has 0 radical (unpaired) electrons. The van der Waals surface area contributed by atoms with E-state index in [1.165, 1.54) is 5.56 Å². The molecule has 1 nitrogen and oxygen atoms in total. The minimum Gasteiger partial charge on any atom is -0.459 e. The summed E-state index contributed by atoms with van der Waals surface area (Å²) in [5.74, 6) is 0. The van der Waals surface area contributed by atoms with Crippen molar-refractivity contribution in [3.05, 3.63) is 29.3 Å². The smallest absolute Gasteiger partial charge is 0 e. The van der Waals surface area contributed by atoms with Crippen molar-refractivity contribution in [3.63, 3.8) is 0 Å². The number of hydrogen-bond donors (Lipinski definition) is 0. The third-order valence-corrected chi connectivity index (χ3v) is 1.49. The number of hydrogen-bond acceptors (Lipinski definition) is 1. The maximum Gasteiger partial charge on any atom is 0 e. The van der Waals surface area contributed by atoms with E-state index in [0.717, 1.165) is 11.3 Å². The van der Waals surface area contributed by atoms with E-state index < -0.39 is 0 Å². The summed E-state index contributed by atoms with van der Waals surface area (Å²) in [6, 6.07) is 5.98. The summed E-state index contributed by atoms with van der Waals surface area (Å²) in [5, 5.41) is 0. The van der Waals surface area contributed by atoms with Crippen LogP contribution >= 0.6 is 0 Å². The van der Waals surface area contributed by atoms with Crippen LogP contribution in [-0.4, -0.2) is 6.72 Å². The molecule has 0 aromatic heterocycles. The predicted octanol–water partition coefficient (Wildman–Crippen LogP) is 2.51. The van der Waals surface area contributed by atoms with Crippen molar-refractivity contribution in [2.24, 2.45) is 4.99 Å². The fourth-order valence-corrected chi connectivity index (χ4v) is 0.950. The Hall–Kier alpha value is -0.422. The van der Waals surface area contributed by atoms with Gasteiger partial charge in [-0.1, -0.05) is 30.3 Å². The number of rotatable bonds is 1. The molecule has 1 aromatic carbocycles. The molecule has 58 valence electrons. The average Bonchev–Trinajstić information content (AvgIpc) is 1.88. The van der Waals surface area contributed by atoms with Gasteiger partial charge in [0.05, 0.1) is 0 Å². The van der Waals surface area contributed by atoms with Gasteiger partial charge in [-0.2, -0.15) is 6.72 Å². The molecule has 0 aliphatic heterocycles. The van der Waals surface area contributed by atoms with E-state index in [2.05, 4.69) is 11.1 Å². The first kappa shape index (κ1) is 10.6. The van der Waals surface area contributed by atoms with Gasteiger partial charge < -0.3 is 4.99 Å². The quantitative estimate of drug-likeness (QED) is 0.558. The Morgan fingerprint density at radius 1 is 1.27 bits per heavy atom. The third kappa shape index (κ3) is 2.59. The molecule has 1 rings (SSSR count). The number of nitrogens with zero attached hydrogens (tertiary/aromatic N) is 1. The molecular weight excluding hydrogens is 306 g/mol. The van der Waals surface area contributed by atoms with Gasteiger partial charge >= 0.3 is 0 Å². The minimum atomic E-state index is 0. The standard InChI is InChI=1S/C9H10N.W/c1-7-4-5-9(10-3)8(2)6-7;/h3-6H,1-2H3;/q-1;. The fraction of sp³-hybridized carbons (Fsp3) is 0.222. The zero-order chi connectivity index (χ0) is 7.56. The zero-order valence-corrected chi connectivity index (χ0v) is 9.60. The second-order valence-corrected chi connectivity index (χ2v) is 2.42. The maximum absolute atomic E-state index is 5.13. The molecule has 0 N–H and O–H groups in total. The van der Waals surface area contributed by atoms with Crippen LogP contribution in [0.2, 0.25) is 0 Å². The maximum atomic E-state index is 5.13. The molecule has 0 fully saturated rings. The van der Waals surface area contributed by atoms with Crippen LogP contribution in [0.3, 0.4) is 0 Å². The van der Waals surface area contributed by atoms with Gasteiger partial charge in [0.1, 0.15) is 0 Å². The Labute approximate surface area is 81.8 Å². The van der Waals surface area contributed by atoms with Gasteiger partial charge in [-0.05, 0) is 6.92 Å². The van der Waals surface area contributed by atoms with E-state index in [1.807, 2.05) is 26.0 Å². The normalized spacial score (nSPS) is 8.55. The van der Waals surface area contributed by atoms with E-state index in [0.29, 0.717) is 0 Å². The van der Waals surface area contributed by atoms with E-state index in [-0.39, 0.29) is 21.1 Å². The van der Waals surface area contributed by atoms with Crippen LogP contribution in [0, 0.1) is 13.8 Å². The Kier molecular flexibility index (Phi) is 4.28. The summed E-state index contributed by atoms with van der Waals surface area (Å²) in [7, 11) is 0. The van der Waals surface area contributed by atoms with Gasteiger partial charge in [-0.3, -0.25) is 0 Å². The minimum absolute atomic E-state index is 0. The number of aliphatic imine (C=N–C) groups is 1. The third-order valence-electron chi connectivity index (χ3n) is 1.49. The van der Waals surface area contributed by atoms with Crippen molar-refractivity contribution in [2.45, 2.75) is 13.8 Å². The second-order valence-electron chi connectivity index (χ2n) is 2.42. The topological polar surface area (TPSA) is 12.4 Å². The van der Waals surface area contributed by atoms with Crippen LogP contribution in [0.5, 0.6) is 0 Å². The molecule has 0 amide bonds. The Balaban J connectivity index is 0.000001000. The molecule has 0 bridgehead atoms. The largest absolute Gasteiger partial charge is 0.459 e. The van der Waals surface area contributed by atoms with Crippen molar-refractivity contribution < 1.29 is 21.1 Å². The van der Waals surface area contributed by atoms with Crippen molar-refractivity contribution in [3.8, 4) is 0 Å². The monoisotopic (exact) mass is 316 g/mol. The first-order valence-corrected chi connectivity index (χ1v) is 3.22. The van der Waals surface area contributed by atoms with Crippen LogP contribution in [0.25, 0.3) is 0 Å². The Bertz CT molecular complexity index is 256. The molecular formula is C9H10NW-. The van der Waals surface area contributed by atoms with Gasteiger partial charge in [-0.15, -0.1) is 11.6 Å². The van der Waals surface area contributed by atoms with Crippen molar-refractivity contribution >= 4 is 12.4 Å². The Morgan fingerprint density at radius 2 is 1.91 bits per heavy atom. The summed E-state index contributed by atoms with van der Waals surface area (Å²) in [4.78, 5) is 3.61. The van der Waals surface area contributed by atoms with Crippen LogP contribution in [0.4, 0.5) is 5.69 Å². The molecule has 0 unspecified atom stereocenters. The van der Waals surface area contributed by atoms with E-state index in [9.17, 15) is 0 Å². The van der Waals surface area contributed by atoms with Crippen molar-refractivity contribution in [1.29, 1.82) is 0 Å². The summed E-state index contributed by atoms with van der Waals surface area (Å²) in [6.45, 7) is 9.17. The molecule has 0 heterocycles. The molecule has 0 saturated carbocycles. The molecule has 0 spiro atoms. The van der Waals surface area contributed by atoms with Crippen LogP contribution in [0.15, 0.2) is 23.2 Å². The first-order valence-electron chi connectivity index (χ1n) is 3.22. The fourth-order valence-electron chi connectivity index (χ4n) is 0.950. The summed E-state index contributed by atoms with van der Waals surface area (Å²) in [5.41, 5.74) is 3.23. The number of aryl methyl sites for hydroxylation is 2. The van der Waals surface area contributed by atoms with Crippen molar-refractivity contribution in [2.75, 3.05) is 0 Å². The van der Waals surface area contributed by atoms with E-state index in [4.69, 9.17) is 6.72 Å². The van der Waals surface area contributed by atoms with E-state index >= 15 is 0 Å². The second kappa shape index (κ2) is 4.46. The van der Waals surface area contributed by atoms with Crippen molar-refractivity contribution in [1.82, 2.24) is 0 Å².